The molecular weight excluding hydrogens is 330 g/mol. The molecule has 2 aromatic heterocycles. The Balaban J connectivity index is 2.31. The smallest absolute Gasteiger partial charge is 0.225 e. The minimum Gasteiger partial charge on any atom is -0.395 e. The first-order valence-corrected chi connectivity index (χ1v) is 8.73. The van der Waals surface area contributed by atoms with Gasteiger partial charge in [-0.25, -0.2) is 4.98 Å². The summed E-state index contributed by atoms with van der Waals surface area (Å²) in [6.07, 6.45) is 0. The molecule has 0 atom stereocenters. The number of fused-ring (bicyclic) bond motifs is 1. The van der Waals surface area contributed by atoms with Crippen LogP contribution in [-0.4, -0.2) is 34.8 Å². The number of benzene rings is 1. The Morgan fingerprint density at radius 1 is 1.22 bits per heavy atom. The van der Waals surface area contributed by atoms with Crippen LogP contribution >= 0.6 is 22.9 Å². The number of aromatic nitrogens is 2. The molecule has 0 amide bonds. The van der Waals surface area contributed by atoms with Crippen molar-refractivity contribution < 1.29 is 5.11 Å². The Labute approximate surface area is 144 Å². The Morgan fingerprint density at radius 2 is 1.96 bits per heavy atom. The van der Waals surface area contributed by atoms with E-state index in [1.165, 1.54) is 4.88 Å². The maximum atomic E-state index is 9.35. The van der Waals surface area contributed by atoms with Gasteiger partial charge in [0.1, 0.15) is 10.6 Å². The largest absolute Gasteiger partial charge is 0.395 e. The van der Waals surface area contributed by atoms with Crippen molar-refractivity contribution in [3.8, 4) is 11.1 Å². The molecule has 0 saturated heterocycles. The van der Waals surface area contributed by atoms with Gasteiger partial charge in [-0.15, -0.1) is 11.3 Å². The molecule has 1 aromatic carbocycles. The molecule has 2 heterocycles. The maximum absolute atomic E-state index is 9.35. The molecule has 4 nitrogen and oxygen atoms in total. The number of aliphatic hydroxyl groups is 1. The van der Waals surface area contributed by atoms with E-state index in [0.717, 1.165) is 33.7 Å². The number of rotatable bonds is 5. The topological polar surface area (TPSA) is 49.2 Å². The molecule has 0 aliphatic heterocycles. The number of hydrogen-bond acceptors (Lipinski definition) is 5. The Bertz CT molecular complexity index is 820. The van der Waals surface area contributed by atoms with E-state index in [2.05, 4.69) is 29.0 Å². The predicted molar refractivity (Wildman–Crippen MR) is 97.6 cm³/mol. The normalized spacial score (nSPS) is 11.1. The molecule has 120 valence electrons. The number of anilines is 1. The van der Waals surface area contributed by atoms with Crippen LogP contribution < -0.4 is 4.90 Å². The van der Waals surface area contributed by atoms with Crippen molar-refractivity contribution in [2.75, 3.05) is 24.6 Å². The predicted octanol–water partition coefficient (Wildman–Crippen LogP) is 4.14. The van der Waals surface area contributed by atoms with Gasteiger partial charge >= 0.3 is 0 Å². The summed E-state index contributed by atoms with van der Waals surface area (Å²) in [4.78, 5) is 13.0. The van der Waals surface area contributed by atoms with Gasteiger partial charge < -0.3 is 10.0 Å². The summed E-state index contributed by atoms with van der Waals surface area (Å²) in [5.41, 5.74) is 2.29. The van der Waals surface area contributed by atoms with Crippen LogP contribution in [0.1, 0.15) is 11.8 Å². The lowest BCUT2D eigenvalue weighted by Crippen LogP contribution is -2.27. The molecule has 6 heteroatoms. The number of aliphatic hydroxyl groups excluding tert-OH is 1. The molecule has 0 fully saturated rings. The van der Waals surface area contributed by atoms with E-state index >= 15 is 0 Å². The number of nitrogens with zero attached hydrogens (tertiary/aromatic N) is 3. The monoisotopic (exact) mass is 347 g/mol. The second-order valence-corrected chi connectivity index (χ2v) is 6.74. The van der Waals surface area contributed by atoms with Crippen molar-refractivity contribution in [1.82, 2.24) is 9.97 Å². The Morgan fingerprint density at radius 3 is 2.61 bits per heavy atom. The minimum atomic E-state index is 0.0702. The highest BCUT2D eigenvalue weighted by Crippen LogP contribution is 2.42. The van der Waals surface area contributed by atoms with Crippen LogP contribution in [-0.2, 0) is 0 Å². The van der Waals surface area contributed by atoms with Crippen molar-refractivity contribution in [1.29, 1.82) is 0 Å². The van der Waals surface area contributed by atoms with Crippen molar-refractivity contribution >= 4 is 39.0 Å². The van der Waals surface area contributed by atoms with Crippen LogP contribution in [0.5, 0.6) is 0 Å². The van der Waals surface area contributed by atoms with Gasteiger partial charge in [0.2, 0.25) is 5.28 Å². The first-order valence-electron chi connectivity index (χ1n) is 7.53. The summed E-state index contributed by atoms with van der Waals surface area (Å²) in [6.45, 7) is 5.46. The van der Waals surface area contributed by atoms with E-state index in [1.54, 1.807) is 11.3 Å². The summed E-state index contributed by atoms with van der Waals surface area (Å²) < 4.78 is 0. The van der Waals surface area contributed by atoms with Crippen LogP contribution in [0, 0.1) is 6.92 Å². The van der Waals surface area contributed by atoms with Crippen LogP contribution in [0.15, 0.2) is 30.3 Å². The molecule has 0 unspecified atom stereocenters. The van der Waals surface area contributed by atoms with Gasteiger partial charge in [-0.05, 0) is 31.0 Å². The van der Waals surface area contributed by atoms with Gasteiger partial charge in [0.15, 0.2) is 0 Å². The number of hydrogen-bond donors (Lipinski definition) is 1. The van der Waals surface area contributed by atoms with Crippen molar-refractivity contribution in [3.05, 3.63) is 40.5 Å². The zero-order valence-corrected chi connectivity index (χ0v) is 14.7. The van der Waals surface area contributed by atoms with E-state index in [4.69, 9.17) is 11.6 Å². The first kappa shape index (κ1) is 16.2. The second-order valence-electron chi connectivity index (χ2n) is 5.20. The number of halogens is 1. The summed E-state index contributed by atoms with van der Waals surface area (Å²) in [5.74, 6) is 0.791. The summed E-state index contributed by atoms with van der Waals surface area (Å²) in [5, 5.41) is 10.6. The van der Waals surface area contributed by atoms with Crippen molar-refractivity contribution in [2.24, 2.45) is 0 Å². The average Bonchev–Trinajstić information content (AvgIpc) is 2.88. The highest BCUT2D eigenvalue weighted by atomic mass is 35.5. The SMILES string of the molecule is CCN(CCO)c1nc(Cl)nc2sc(C)c(-c3ccccc3)c12. The zero-order chi connectivity index (χ0) is 16.4. The fourth-order valence-corrected chi connectivity index (χ4v) is 4.04. The highest BCUT2D eigenvalue weighted by Gasteiger charge is 2.20. The minimum absolute atomic E-state index is 0.0702. The average molecular weight is 348 g/mol. The molecule has 1 N–H and O–H groups in total. The van der Waals surface area contributed by atoms with Gasteiger partial charge in [0.25, 0.3) is 0 Å². The van der Waals surface area contributed by atoms with Crippen LogP contribution in [0.25, 0.3) is 21.3 Å². The first-order chi connectivity index (χ1) is 11.2. The Hall–Kier alpha value is -1.69. The lowest BCUT2D eigenvalue weighted by Gasteiger charge is -2.22. The number of aryl methyl sites for hydroxylation is 1. The lowest BCUT2D eigenvalue weighted by atomic mass is 10.0. The molecule has 0 spiro atoms. The van der Waals surface area contributed by atoms with Crippen LogP contribution in [0.4, 0.5) is 5.82 Å². The third-order valence-corrected chi connectivity index (χ3v) is 4.96. The standard InChI is InChI=1S/C17H18ClN3OS/c1-3-21(9-10-22)15-14-13(12-7-5-4-6-8-12)11(2)23-16(14)20-17(18)19-15/h4-8,22H,3,9-10H2,1-2H3. The molecule has 3 aromatic rings. The van der Waals surface area contributed by atoms with E-state index in [9.17, 15) is 5.11 Å². The third-order valence-electron chi connectivity index (χ3n) is 3.79. The van der Waals surface area contributed by atoms with Gasteiger partial charge in [-0.1, -0.05) is 30.3 Å². The Kier molecular flexibility index (Phi) is 4.80. The molecule has 0 radical (unpaired) electrons. The summed E-state index contributed by atoms with van der Waals surface area (Å²) >= 11 is 7.75. The van der Waals surface area contributed by atoms with Crippen molar-refractivity contribution in [2.45, 2.75) is 13.8 Å². The molecular formula is C17H18ClN3OS. The fourth-order valence-electron chi connectivity index (χ4n) is 2.78. The van der Waals surface area contributed by atoms with Gasteiger partial charge in [0, 0.05) is 23.5 Å². The number of likely N-dealkylation sites (N-methyl/N-ethyl adjacent to an activating group) is 1. The van der Waals surface area contributed by atoms with Crippen LogP contribution in [0.2, 0.25) is 5.28 Å². The molecule has 0 bridgehead atoms. The van der Waals surface area contributed by atoms with Crippen molar-refractivity contribution in [3.63, 3.8) is 0 Å². The fraction of sp³-hybridized carbons (Fsp3) is 0.294. The number of thiophene rings is 1. The zero-order valence-electron chi connectivity index (χ0n) is 13.1. The maximum Gasteiger partial charge on any atom is 0.225 e. The highest BCUT2D eigenvalue weighted by molar-refractivity contribution is 7.19. The third kappa shape index (κ3) is 3.04. The molecule has 0 saturated carbocycles. The van der Waals surface area contributed by atoms with E-state index in [0.29, 0.717) is 6.54 Å². The molecule has 0 aliphatic rings. The summed E-state index contributed by atoms with van der Waals surface area (Å²) in [6, 6.07) is 10.2. The second kappa shape index (κ2) is 6.83. The van der Waals surface area contributed by atoms with E-state index < -0.39 is 0 Å². The quantitative estimate of drug-likeness (QED) is 0.705. The van der Waals surface area contributed by atoms with Gasteiger partial charge in [0.05, 0.1) is 12.0 Å². The summed E-state index contributed by atoms with van der Waals surface area (Å²) in [7, 11) is 0. The van der Waals surface area contributed by atoms with Crippen LogP contribution in [0.3, 0.4) is 0 Å². The lowest BCUT2D eigenvalue weighted by molar-refractivity contribution is 0.302. The van der Waals surface area contributed by atoms with E-state index in [1.807, 2.05) is 30.0 Å². The van der Waals surface area contributed by atoms with Gasteiger partial charge in [-0.3, -0.25) is 0 Å². The molecule has 3 rings (SSSR count). The molecule has 23 heavy (non-hydrogen) atoms. The van der Waals surface area contributed by atoms with E-state index in [-0.39, 0.29) is 11.9 Å². The van der Waals surface area contributed by atoms with Gasteiger partial charge in [-0.2, -0.15) is 4.98 Å². The molecule has 0 aliphatic carbocycles.